The molecule has 0 heterocycles. The van der Waals surface area contributed by atoms with Crippen LogP contribution in [0.15, 0.2) is 24.3 Å². The van der Waals surface area contributed by atoms with Crippen LogP contribution in [0, 0.1) is 0 Å². The zero-order valence-corrected chi connectivity index (χ0v) is 13.4. The van der Waals surface area contributed by atoms with E-state index in [-0.39, 0.29) is 5.91 Å². The molecule has 1 aromatic rings. The topological polar surface area (TPSA) is 38.3 Å². The van der Waals surface area contributed by atoms with Crippen LogP contribution in [0.5, 0.6) is 5.75 Å². The maximum Gasteiger partial charge on any atom is 0.230 e. The van der Waals surface area contributed by atoms with Gasteiger partial charge >= 0.3 is 0 Å². The molecule has 0 spiro atoms. The summed E-state index contributed by atoms with van der Waals surface area (Å²) in [6, 6.07) is 8.13. The van der Waals surface area contributed by atoms with Gasteiger partial charge in [0.25, 0.3) is 0 Å². The minimum Gasteiger partial charge on any atom is -0.497 e. The third kappa shape index (κ3) is 3.99. The summed E-state index contributed by atoms with van der Waals surface area (Å²) in [7, 11) is 1.65. The second kappa shape index (κ2) is 6.97. The molecule has 2 rings (SSSR count). The van der Waals surface area contributed by atoms with Crippen LogP contribution in [-0.2, 0) is 10.2 Å². The maximum atomic E-state index is 12.7. The van der Waals surface area contributed by atoms with Crippen molar-refractivity contribution in [2.75, 3.05) is 7.11 Å². The molecule has 0 atom stereocenters. The van der Waals surface area contributed by atoms with Gasteiger partial charge in [-0.15, -0.1) is 0 Å². The predicted octanol–water partition coefficient (Wildman–Crippen LogP) is 3.81. The Labute approximate surface area is 128 Å². The molecule has 0 bridgehead atoms. The van der Waals surface area contributed by atoms with Gasteiger partial charge in [0.2, 0.25) is 5.91 Å². The van der Waals surface area contributed by atoms with E-state index in [0.29, 0.717) is 6.04 Å². The number of ether oxygens (including phenoxy) is 1. The van der Waals surface area contributed by atoms with E-state index in [1.54, 1.807) is 7.11 Å². The molecule has 0 unspecified atom stereocenters. The lowest BCUT2D eigenvalue weighted by molar-refractivity contribution is -0.126. The number of benzene rings is 1. The maximum absolute atomic E-state index is 12.7. The van der Waals surface area contributed by atoms with Crippen LogP contribution in [-0.4, -0.2) is 19.1 Å². The normalized spacial score (nSPS) is 17.1. The Morgan fingerprint density at radius 1 is 1.10 bits per heavy atom. The fraction of sp³-hybridized carbons (Fsp3) is 0.611. The standard InChI is InChI=1S/C18H27NO2/c1-18(2,14-10-12-16(21-3)13-11-14)17(20)19-15-8-6-4-5-7-9-15/h10-13,15H,4-9H2,1-3H3,(H,19,20). The fourth-order valence-corrected chi connectivity index (χ4v) is 2.93. The summed E-state index contributed by atoms with van der Waals surface area (Å²) in [5, 5.41) is 3.26. The monoisotopic (exact) mass is 289 g/mol. The van der Waals surface area contributed by atoms with Crippen LogP contribution in [0.4, 0.5) is 0 Å². The predicted molar refractivity (Wildman–Crippen MR) is 85.7 cm³/mol. The summed E-state index contributed by atoms with van der Waals surface area (Å²) >= 11 is 0. The summed E-state index contributed by atoms with van der Waals surface area (Å²) in [4.78, 5) is 12.7. The van der Waals surface area contributed by atoms with Crippen molar-refractivity contribution in [3.63, 3.8) is 0 Å². The number of carbonyl (C=O) groups excluding carboxylic acids is 1. The van der Waals surface area contributed by atoms with E-state index in [2.05, 4.69) is 5.32 Å². The van der Waals surface area contributed by atoms with Crippen LogP contribution in [0.1, 0.15) is 57.9 Å². The van der Waals surface area contributed by atoms with Gasteiger partial charge in [-0.05, 0) is 44.4 Å². The zero-order valence-electron chi connectivity index (χ0n) is 13.4. The van der Waals surface area contributed by atoms with E-state index in [1.807, 2.05) is 38.1 Å². The largest absolute Gasteiger partial charge is 0.497 e. The Kier molecular flexibility index (Phi) is 5.27. The zero-order chi connectivity index (χ0) is 15.3. The first kappa shape index (κ1) is 15.9. The number of carbonyl (C=O) groups is 1. The highest BCUT2D eigenvalue weighted by Gasteiger charge is 2.31. The van der Waals surface area contributed by atoms with Crippen LogP contribution in [0.2, 0.25) is 0 Å². The van der Waals surface area contributed by atoms with Gasteiger partial charge in [-0.3, -0.25) is 4.79 Å². The van der Waals surface area contributed by atoms with Gasteiger partial charge in [-0.2, -0.15) is 0 Å². The van der Waals surface area contributed by atoms with E-state index in [1.165, 1.54) is 25.7 Å². The molecule has 1 fully saturated rings. The van der Waals surface area contributed by atoms with Gasteiger partial charge in [0.1, 0.15) is 5.75 Å². The molecule has 1 aliphatic rings. The van der Waals surface area contributed by atoms with Crippen LogP contribution < -0.4 is 10.1 Å². The van der Waals surface area contributed by atoms with Crippen molar-refractivity contribution in [3.8, 4) is 5.75 Å². The highest BCUT2D eigenvalue weighted by atomic mass is 16.5. The van der Waals surface area contributed by atoms with Gasteiger partial charge in [0.15, 0.2) is 0 Å². The quantitative estimate of drug-likeness (QED) is 0.856. The van der Waals surface area contributed by atoms with Crippen molar-refractivity contribution in [3.05, 3.63) is 29.8 Å². The first-order valence-corrected chi connectivity index (χ1v) is 7.99. The molecule has 0 aliphatic heterocycles. The number of nitrogens with one attached hydrogen (secondary N) is 1. The molecule has 116 valence electrons. The van der Waals surface area contributed by atoms with E-state index < -0.39 is 5.41 Å². The van der Waals surface area contributed by atoms with Gasteiger partial charge in [-0.25, -0.2) is 0 Å². The molecule has 1 aromatic carbocycles. The summed E-state index contributed by atoms with van der Waals surface area (Å²) in [5.74, 6) is 0.943. The Morgan fingerprint density at radius 2 is 1.67 bits per heavy atom. The Morgan fingerprint density at radius 3 is 2.19 bits per heavy atom. The van der Waals surface area contributed by atoms with Crippen molar-refractivity contribution < 1.29 is 9.53 Å². The lowest BCUT2D eigenvalue weighted by Gasteiger charge is -2.27. The highest BCUT2D eigenvalue weighted by Crippen LogP contribution is 2.26. The molecule has 1 amide bonds. The van der Waals surface area contributed by atoms with Gasteiger partial charge in [0, 0.05) is 6.04 Å². The number of hydrogen-bond acceptors (Lipinski definition) is 2. The molecular formula is C18H27NO2. The smallest absolute Gasteiger partial charge is 0.230 e. The molecule has 1 saturated carbocycles. The molecule has 0 aromatic heterocycles. The highest BCUT2D eigenvalue weighted by molar-refractivity contribution is 5.87. The van der Waals surface area contributed by atoms with Crippen molar-refractivity contribution in [1.29, 1.82) is 0 Å². The van der Waals surface area contributed by atoms with E-state index >= 15 is 0 Å². The molecule has 3 nitrogen and oxygen atoms in total. The first-order chi connectivity index (χ1) is 10.0. The number of amides is 1. The van der Waals surface area contributed by atoms with E-state index in [9.17, 15) is 4.79 Å². The average Bonchev–Trinajstić information content (AvgIpc) is 2.76. The third-order valence-electron chi connectivity index (χ3n) is 4.57. The Hall–Kier alpha value is -1.51. The summed E-state index contributed by atoms with van der Waals surface area (Å²) < 4.78 is 5.18. The number of hydrogen-bond donors (Lipinski definition) is 1. The molecular weight excluding hydrogens is 262 g/mol. The SMILES string of the molecule is COc1ccc(C(C)(C)C(=O)NC2CCCCCC2)cc1. The van der Waals surface area contributed by atoms with E-state index in [0.717, 1.165) is 24.2 Å². The Balaban J connectivity index is 2.04. The minimum absolute atomic E-state index is 0.125. The van der Waals surface area contributed by atoms with Gasteiger partial charge in [-0.1, -0.05) is 37.8 Å². The van der Waals surface area contributed by atoms with Crippen LogP contribution in [0.25, 0.3) is 0 Å². The molecule has 0 radical (unpaired) electrons. The summed E-state index contributed by atoms with van der Waals surface area (Å²) in [6.45, 7) is 3.97. The van der Waals surface area contributed by atoms with Crippen LogP contribution >= 0.6 is 0 Å². The molecule has 1 aliphatic carbocycles. The second-order valence-electron chi connectivity index (χ2n) is 6.52. The average molecular weight is 289 g/mol. The number of methoxy groups -OCH3 is 1. The van der Waals surface area contributed by atoms with Crippen molar-refractivity contribution in [1.82, 2.24) is 5.32 Å². The molecule has 1 N–H and O–H groups in total. The molecule has 0 saturated heterocycles. The van der Waals surface area contributed by atoms with Crippen LogP contribution in [0.3, 0.4) is 0 Å². The van der Waals surface area contributed by atoms with Gasteiger partial charge < -0.3 is 10.1 Å². The van der Waals surface area contributed by atoms with Crippen molar-refractivity contribution in [2.45, 2.75) is 63.8 Å². The molecule has 21 heavy (non-hydrogen) atoms. The lowest BCUT2D eigenvalue weighted by Crippen LogP contribution is -2.45. The Bertz CT molecular complexity index is 457. The summed E-state index contributed by atoms with van der Waals surface area (Å²) in [5.41, 5.74) is 0.507. The second-order valence-corrected chi connectivity index (χ2v) is 6.52. The minimum atomic E-state index is -0.515. The van der Waals surface area contributed by atoms with E-state index in [4.69, 9.17) is 4.74 Å². The van der Waals surface area contributed by atoms with Crippen molar-refractivity contribution >= 4 is 5.91 Å². The van der Waals surface area contributed by atoms with Gasteiger partial charge in [0.05, 0.1) is 12.5 Å². The summed E-state index contributed by atoms with van der Waals surface area (Å²) in [6.07, 6.45) is 7.29. The third-order valence-corrected chi connectivity index (χ3v) is 4.57. The number of rotatable bonds is 4. The first-order valence-electron chi connectivity index (χ1n) is 7.99. The fourth-order valence-electron chi connectivity index (χ4n) is 2.93. The van der Waals surface area contributed by atoms with Crippen molar-refractivity contribution in [2.24, 2.45) is 0 Å². The molecule has 3 heteroatoms. The lowest BCUT2D eigenvalue weighted by atomic mass is 9.83.